The number of anilines is 1. The largest absolute Gasteiger partial charge is 0.457 e. The minimum Gasteiger partial charge on any atom is -0.457 e. The van der Waals surface area contributed by atoms with Gasteiger partial charge in [-0.2, -0.15) is 0 Å². The van der Waals surface area contributed by atoms with Gasteiger partial charge in [-0.3, -0.25) is 9.36 Å². The number of thiophene rings is 1. The molecular formula is C24H21N3O3S. The fraction of sp³-hybridized carbons (Fsp3) is 0.167. The number of hydrogen-bond acceptors (Lipinski definition) is 6. The maximum absolute atomic E-state index is 13.0. The normalized spacial score (nSPS) is 13.9. The molecule has 31 heavy (non-hydrogen) atoms. The Kier molecular flexibility index (Phi) is 5.05. The van der Waals surface area contributed by atoms with E-state index in [1.807, 2.05) is 61.5 Å². The first kappa shape index (κ1) is 19.5. The molecule has 0 spiro atoms. The third-order valence-electron chi connectivity index (χ3n) is 5.26. The Hall–Kier alpha value is -3.42. The fourth-order valence-electron chi connectivity index (χ4n) is 3.61. The van der Waals surface area contributed by atoms with Crippen molar-refractivity contribution in [2.24, 2.45) is 0 Å². The van der Waals surface area contributed by atoms with E-state index in [0.29, 0.717) is 24.7 Å². The lowest BCUT2D eigenvalue weighted by molar-refractivity contribution is 0.161. The van der Waals surface area contributed by atoms with Gasteiger partial charge in [0.15, 0.2) is 5.82 Å². The Balaban J connectivity index is 1.65. The highest BCUT2D eigenvalue weighted by atomic mass is 32.1. The second-order valence-corrected chi connectivity index (χ2v) is 8.39. The molecule has 0 atom stereocenters. The highest BCUT2D eigenvalue weighted by molar-refractivity contribution is 7.19. The molecular weight excluding hydrogens is 410 g/mol. The lowest BCUT2D eigenvalue weighted by atomic mass is 10.1. The molecule has 0 amide bonds. The molecule has 156 valence electrons. The van der Waals surface area contributed by atoms with Crippen LogP contribution in [-0.4, -0.2) is 22.8 Å². The van der Waals surface area contributed by atoms with Crippen LogP contribution < -0.4 is 16.0 Å². The predicted octanol–water partition coefficient (Wildman–Crippen LogP) is 4.93. The van der Waals surface area contributed by atoms with Gasteiger partial charge in [-0.05, 0) is 48.7 Å². The topological polar surface area (TPSA) is 79.4 Å². The Morgan fingerprint density at radius 1 is 1.16 bits per heavy atom. The quantitative estimate of drug-likeness (QED) is 0.495. The van der Waals surface area contributed by atoms with E-state index in [2.05, 4.69) is 11.1 Å². The average molecular weight is 432 g/mol. The van der Waals surface area contributed by atoms with E-state index in [1.165, 1.54) is 16.9 Å². The summed E-state index contributed by atoms with van der Waals surface area (Å²) in [5.41, 5.74) is 9.26. The van der Waals surface area contributed by atoms with Gasteiger partial charge in [0.25, 0.3) is 5.56 Å². The van der Waals surface area contributed by atoms with E-state index in [-0.39, 0.29) is 11.4 Å². The summed E-state index contributed by atoms with van der Waals surface area (Å²) in [6.07, 6.45) is 2.92. The van der Waals surface area contributed by atoms with Crippen molar-refractivity contribution < 1.29 is 9.47 Å². The average Bonchev–Trinajstić information content (AvgIpc) is 3.21. The van der Waals surface area contributed by atoms with Gasteiger partial charge in [-0.15, -0.1) is 11.3 Å². The number of hydrogen-bond donors (Lipinski definition) is 1. The fourth-order valence-corrected chi connectivity index (χ4v) is 4.71. The lowest BCUT2D eigenvalue weighted by Gasteiger charge is -2.13. The first-order valence-corrected chi connectivity index (χ1v) is 10.8. The van der Waals surface area contributed by atoms with E-state index in [9.17, 15) is 4.79 Å². The minimum atomic E-state index is -0.340. The van der Waals surface area contributed by atoms with Gasteiger partial charge in [0, 0.05) is 10.9 Å². The van der Waals surface area contributed by atoms with Crippen molar-refractivity contribution in [3.63, 3.8) is 0 Å². The van der Waals surface area contributed by atoms with Crippen molar-refractivity contribution in [1.82, 2.24) is 9.55 Å². The zero-order valence-electron chi connectivity index (χ0n) is 17.0. The molecule has 0 radical (unpaired) electrons. The molecule has 0 saturated carbocycles. The number of rotatable bonds is 4. The molecule has 0 aliphatic carbocycles. The molecule has 0 bridgehead atoms. The summed E-state index contributed by atoms with van der Waals surface area (Å²) in [6, 6.07) is 17.3. The number of nitrogens with two attached hydrogens (primary N) is 1. The van der Waals surface area contributed by atoms with Crippen LogP contribution in [0.2, 0.25) is 0 Å². The molecule has 4 aromatic rings. The van der Waals surface area contributed by atoms with Gasteiger partial charge in [0.1, 0.15) is 16.3 Å². The van der Waals surface area contributed by atoms with E-state index in [4.69, 9.17) is 15.2 Å². The van der Waals surface area contributed by atoms with E-state index in [1.54, 1.807) is 4.57 Å². The van der Waals surface area contributed by atoms with Gasteiger partial charge >= 0.3 is 0 Å². The molecule has 0 fully saturated rings. The van der Waals surface area contributed by atoms with Gasteiger partial charge in [-0.25, -0.2) is 4.98 Å². The van der Waals surface area contributed by atoms with Crippen LogP contribution in [0, 0.1) is 6.92 Å². The molecule has 2 N–H and O–H groups in total. The lowest BCUT2D eigenvalue weighted by Crippen LogP contribution is -2.22. The van der Waals surface area contributed by atoms with E-state index < -0.39 is 0 Å². The number of benzene rings is 2. The van der Waals surface area contributed by atoms with E-state index >= 15 is 0 Å². The SMILES string of the molecule is Cc1ccc(-n2c(=O)c(N)nc3sc(C4=CCOCC4)cc32)cc1Oc1ccccc1. The van der Waals surface area contributed by atoms with Crippen molar-refractivity contribution in [2.75, 3.05) is 18.9 Å². The second kappa shape index (κ2) is 8.02. The monoisotopic (exact) mass is 431 g/mol. The standard InChI is InChI=1S/C24H21N3O3S/c1-15-7-8-17(13-20(15)30-18-5-3-2-4-6-18)27-19-14-21(16-9-11-29-12-10-16)31-23(19)26-22(25)24(27)28/h2-9,13-14H,10-12H2,1H3,(H2,25,26). The summed E-state index contributed by atoms with van der Waals surface area (Å²) in [6.45, 7) is 3.27. The highest BCUT2D eigenvalue weighted by Crippen LogP contribution is 2.34. The first-order chi connectivity index (χ1) is 15.1. The van der Waals surface area contributed by atoms with Crippen molar-refractivity contribution in [3.05, 3.63) is 81.5 Å². The van der Waals surface area contributed by atoms with Crippen LogP contribution in [0.25, 0.3) is 21.6 Å². The number of nitrogens with zero attached hydrogens (tertiary/aromatic N) is 2. The number of fused-ring (bicyclic) bond motifs is 1. The molecule has 6 nitrogen and oxygen atoms in total. The summed E-state index contributed by atoms with van der Waals surface area (Å²) < 4.78 is 13.1. The van der Waals surface area contributed by atoms with Crippen LogP contribution in [0.5, 0.6) is 11.5 Å². The van der Waals surface area contributed by atoms with Gasteiger partial charge in [0.05, 0.1) is 24.4 Å². The smallest absolute Gasteiger partial charge is 0.298 e. The third-order valence-corrected chi connectivity index (χ3v) is 6.35. The maximum atomic E-state index is 13.0. The number of para-hydroxylation sites is 1. The van der Waals surface area contributed by atoms with Gasteiger partial charge < -0.3 is 15.2 Å². The number of aryl methyl sites for hydroxylation is 1. The zero-order chi connectivity index (χ0) is 21.4. The summed E-state index contributed by atoms with van der Waals surface area (Å²) in [7, 11) is 0. The van der Waals surface area contributed by atoms with Crippen molar-refractivity contribution in [1.29, 1.82) is 0 Å². The molecule has 1 aliphatic rings. The Morgan fingerprint density at radius 3 is 2.77 bits per heavy atom. The summed E-state index contributed by atoms with van der Waals surface area (Å²) in [5, 5.41) is 0. The zero-order valence-corrected chi connectivity index (χ0v) is 17.8. The molecule has 7 heteroatoms. The minimum absolute atomic E-state index is 0.0204. The summed E-state index contributed by atoms with van der Waals surface area (Å²) >= 11 is 1.54. The molecule has 0 unspecified atom stereocenters. The van der Waals surface area contributed by atoms with Crippen LogP contribution in [0.3, 0.4) is 0 Å². The van der Waals surface area contributed by atoms with Gasteiger partial charge in [-0.1, -0.05) is 30.3 Å². The summed E-state index contributed by atoms with van der Waals surface area (Å²) in [4.78, 5) is 19.2. The van der Waals surface area contributed by atoms with Crippen LogP contribution in [0.4, 0.5) is 5.82 Å². The molecule has 1 aliphatic heterocycles. The van der Waals surface area contributed by atoms with Crippen molar-refractivity contribution >= 4 is 33.1 Å². The number of ether oxygens (including phenoxy) is 2. The molecule has 5 rings (SSSR count). The van der Waals surface area contributed by atoms with Crippen molar-refractivity contribution in [3.8, 4) is 17.2 Å². The maximum Gasteiger partial charge on any atom is 0.298 e. The molecule has 2 aromatic heterocycles. The van der Waals surface area contributed by atoms with Gasteiger partial charge in [0.2, 0.25) is 0 Å². The van der Waals surface area contributed by atoms with Crippen LogP contribution >= 0.6 is 11.3 Å². The van der Waals surface area contributed by atoms with Crippen LogP contribution in [-0.2, 0) is 4.74 Å². The molecule has 2 aromatic carbocycles. The predicted molar refractivity (Wildman–Crippen MR) is 124 cm³/mol. The Bertz CT molecular complexity index is 1360. The Labute approximate surface area is 183 Å². The summed E-state index contributed by atoms with van der Waals surface area (Å²) in [5.74, 6) is 1.40. The first-order valence-electron chi connectivity index (χ1n) is 10.0. The number of nitrogen functional groups attached to an aromatic ring is 1. The third kappa shape index (κ3) is 3.73. The number of aromatic nitrogens is 2. The highest BCUT2D eigenvalue weighted by Gasteiger charge is 2.17. The van der Waals surface area contributed by atoms with Crippen LogP contribution in [0.15, 0.2) is 65.5 Å². The van der Waals surface area contributed by atoms with E-state index in [0.717, 1.165) is 33.0 Å². The second-order valence-electron chi connectivity index (χ2n) is 7.36. The van der Waals surface area contributed by atoms with Crippen LogP contribution in [0.1, 0.15) is 16.9 Å². The molecule has 0 saturated heterocycles. The Morgan fingerprint density at radius 2 is 2.00 bits per heavy atom. The van der Waals surface area contributed by atoms with Crippen molar-refractivity contribution in [2.45, 2.75) is 13.3 Å². The molecule has 3 heterocycles.